The molecule has 0 amide bonds. The van der Waals surface area contributed by atoms with Gasteiger partial charge in [-0.1, -0.05) is 54.6 Å². The van der Waals surface area contributed by atoms with E-state index in [1.54, 1.807) is 0 Å². The van der Waals surface area contributed by atoms with Crippen LogP contribution in [-0.4, -0.2) is 0 Å². The van der Waals surface area contributed by atoms with Gasteiger partial charge in [-0.2, -0.15) is 0 Å². The van der Waals surface area contributed by atoms with Crippen molar-refractivity contribution in [3.05, 3.63) is 76.4 Å². The Bertz CT molecular complexity index is 576. The molecule has 0 N–H and O–H groups in total. The van der Waals surface area contributed by atoms with Crippen LogP contribution < -0.4 is 0 Å². The predicted molar refractivity (Wildman–Crippen MR) is 73.2 cm³/mol. The lowest BCUT2D eigenvalue weighted by molar-refractivity contribution is 1.03. The lowest BCUT2D eigenvalue weighted by Gasteiger charge is -2.15. The molecule has 84 valence electrons. The van der Waals surface area contributed by atoms with Crippen molar-refractivity contribution < 1.29 is 0 Å². The maximum atomic E-state index is 2.32. The van der Waals surface area contributed by atoms with Crippen LogP contribution in [0.3, 0.4) is 0 Å². The molecule has 2 aromatic rings. The van der Waals surface area contributed by atoms with Gasteiger partial charge in [0, 0.05) is 5.92 Å². The van der Waals surface area contributed by atoms with Crippen LogP contribution in [0.1, 0.15) is 33.7 Å². The SMILES string of the molecule is Cc1ccc(C)c2c1C=CC2c1ccccc1. The zero-order chi connectivity index (χ0) is 11.8. The van der Waals surface area contributed by atoms with Crippen LogP contribution in [0.5, 0.6) is 0 Å². The summed E-state index contributed by atoms with van der Waals surface area (Å²) in [5.41, 5.74) is 7.05. The Hall–Kier alpha value is -1.82. The Morgan fingerprint density at radius 1 is 0.824 bits per heavy atom. The van der Waals surface area contributed by atoms with Crippen molar-refractivity contribution in [3.63, 3.8) is 0 Å². The number of allylic oxidation sites excluding steroid dienone is 1. The van der Waals surface area contributed by atoms with Gasteiger partial charge in [-0.25, -0.2) is 0 Å². The van der Waals surface area contributed by atoms with E-state index in [1.807, 2.05) is 0 Å². The van der Waals surface area contributed by atoms with Gasteiger partial charge in [-0.15, -0.1) is 0 Å². The highest BCUT2D eigenvalue weighted by Gasteiger charge is 2.21. The molecule has 0 aromatic heterocycles. The number of aryl methyl sites for hydroxylation is 2. The van der Waals surface area contributed by atoms with Crippen molar-refractivity contribution >= 4 is 6.08 Å². The van der Waals surface area contributed by atoms with E-state index in [4.69, 9.17) is 0 Å². The summed E-state index contributed by atoms with van der Waals surface area (Å²) in [6.45, 7) is 4.40. The normalized spacial score (nSPS) is 17.2. The Kier molecular flexibility index (Phi) is 2.36. The van der Waals surface area contributed by atoms with Gasteiger partial charge in [0.1, 0.15) is 0 Å². The fraction of sp³-hybridized carbons (Fsp3) is 0.176. The molecule has 0 saturated carbocycles. The molecule has 1 unspecified atom stereocenters. The van der Waals surface area contributed by atoms with Gasteiger partial charge in [0.25, 0.3) is 0 Å². The zero-order valence-corrected chi connectivity index (χ0v) is 10.3. The summed E-state index contributed by atoms with van der Waals surface area (Å²) in [4.78, 5) is 0. The predicted octanol–water partition coefficient (Wildman–Crippen LogP) is 4.46. The first-order chi connectivity index (χ1) is 8.27. The van der Waals surface area contributed by atoms with Crippen LogP contribution in [0.2, 0.25) is 0 Å². The highest BCUT2D eigenvalue weighted by molar-refractivity contribution is 5.69. The van der Waals surface area contributed by atoms with Crippen LogP contribution in [0.15, 0.2) is 48.5 Å². The molecule has 3 rings (SSSR count). The Morgan fingerprint density at radius 2 is 1.53 bits per heavy atom. The minimum absolute atomic E-state index is 0.436. The highest BCUT2D eigenvalue weighted by atomic mass is 14.2. The second-order valence-corrected chi connectivity index (χ2v) is 4.77. The van der Waals surface area contributed by atoms with Gasteiger partial charge < -0.3 is 0 Å². The van der Waals surface area contributed by atoms with E-state index in [0.717, 1.165) is 0 Å². The lowest BCUT2D eigenvalue weighted by Crippen LogP contribution is -1.99. The molecule has 0 fully saturated rings. The van der Waals surface area contributed by atoms with Gasteiger partial charge in [0.05, 0.1) is 0 Å². The van der Waals surface area contributed by atoms with Gasteiger partial charge >= 0.3 is 0 Å². The van der Waals surface area contributed by atoms with E-state index in [2.05, 4.69) is 68.5 Å². The number of rotatable bonds is 1. The second-order valence-electron chi connectivity index (χ2n) is 4.77. The van der Waals surface area contributed by atoms with E-state index in [-0.39, 0.29) is 0 Å². The van der Waals surface area contributed by atoms with Crippen molar-refractivity contribution in [2.45, 2.75) is 19.8 Å². The summed E-state index contributed by atoms with van der Waals surface area (Å²) in [6, 6.07) is 15.2. The maximum absolute atomic E-state index is 2.32. The van der Waals surface area contributed by atoms with Gasteiger partial charge in [-0.3, -0.25) is 0 Å². The second kappa shape index (κ2) is 3.89. The molecule has 1 atom stereocenters. The van der Waals surface area contributed by atoms with E-state index >= 15 is 0 Å². The number of fused-ring (bicyclic) bond motifs is 1. The third kappa shape index (κ3) is 1.61. The molecular weight excluding hydrogens is 204 g/mol. The topological polar surface area (TPSA) is 0 Å². The summed E-state index contributed by atoms with van der Waals surface area (Å²) < 4.78 is 0. The van der Waals surface area contributed by atoms with Crippen LogP contribution in [0.4, 0.5) is 0 Å². The van der Waals surface area contributed by atoms with Crippen molar-refractivity contribution in [2.24, 2.45) is 0 Å². The van der Waals surface area contributed by atoms with Crippen LogP contribution in [0.25, 0.3) is 6.08 Å². The van der Waals surface area contributed by atoms with E-state index in [9.17, 15) is 0 Å². The van der Waals surface area contributed by atoms with Crippen molar-refractivity contribution in [2.75, 3.05) is 0 Å². The molecule has 0 radical (unpaired) electrons. The molecule has 0 saturated heterocycles. The standard InChI is InChI=1S/C17H16/c1-12-8-9-13(2)17-15(12)10-11-16(17)14-6-4-3-5-7-14/h3-11,16H,1-2H3. The van der Waals surface area contributed by atoms with Crippen LogP contribution in [-0.2, 0) is 0 Å². The van der Waals surface area contributed by atoms with Gasteiger partial charge in [0.15, 0.2) is 0 Å². The number of benzene rings is 2. The monoisotopic (exact) mass is 220 g/mol. The average molecular weight is 220 g/mol. The molecule has 0 bridgehead atoms. The third-order valence-corrected chi connectivity index (χ3v) is 3.65. The van der Waals surface area contributed by atoms with Crippen LogP contribution >= 0.6 is 0 Å². The highest BCUT2D eigenvalue weighted by Crippen LogP contribution is 2.38. The molecule has 1 aliphatic rings. The lowest BCUT2D eigenvalue weighted by atomic mass is 9.88. The number of hydrogen-bond donors (Lipinski definition) is 0. The molecule has 0 spiro atoms. The Labute approximate surface area is 103 Å². The van der Waals surface area contributed by atoms with E-state index in [1.165, 1.54) is 27.8 Å². The van der Waals surface area contributed by atoms with E-state index in [0.29, 0.717) is 5.92 Å². The molecule has 0 nitrogen and oxygen atoms in total. The Balaban J connectivity index is 2.17. The van der Waals surface area contributed by atoms with Gasteiger partial charge in [-0.05, 0) is 41.7 Å². The molecule has 17 heavy (non-hydrogen) atoms. The van der Waals surface area contributed by atoms with Crippen molar-refractivity contribution in [1.29, 1.82) is 0 Å². The van der Waals surface area contributed by atoms with Gasteiger partial charge in [0.2, 0.25) is 0 Å². The summed E-state index contributed by atoms with van der Waals surface area (Å²) in [5, 5.41) is 0. The maximum Gasteiger partial charge on any atom is 0.0281 e. The zero-order valence-electron chi connectivity index (χ0n) is 10.3. The summed E-state index contributed by atoms with van der Waals surface area (Å²) in [6.07, 6.45) is 4.59. The summed E-state index contributed by atoms with van der Waals surface area (Å²) in [7, 11) is 0. The molecule has 0 heteroatoms. The first kappa shape index (κ1) is 10.3. The summed E-state index contributed by atoms with van der Waals surface area (Å²) in [5.74, 6) is 0.436. The van der Waals surface area contributed by atoms with Crippen LogP contribution in [0, 0.1) is 13.8 Å². The Morgan fingerprint density at radius 3 is 2.29 bits per heavy atom. The quantitative estimate of drug-likeness (QED) is 0.665. The largest absolute Gasteiger partial charge is 0.0720 e. The summed E-state index contributed by atoms with van der Waals surface area (Å²) >= 11 is 0. The third-order valence-electron chi connectivity index (χ3n) is 3.65. The minimum Gasteiger partial charge on any atom is -0.0720 e. The smallest absolute Gasteiger partial charge is 0.0281 e. The van der Waals surface area contributed by atoms with Crippen molar-refractivity contribution in [3.8, 4) is 0 Å². The molecule has 0 aliphatic heterocycles. The first-order valence-corrected chi connectivity index (χ1v) is 6.10. The van der Waals surface area contributed by atoms with Crippen molar-refractivity contribution in [1.82, 2.24) is 0 Å². The minimum atomic E-state index is 0.436. The first-order valence-electron chi connectivity index (χ1n) is 6.10. The molecule has 0 heterocycles. The average Bonchev–Trinajstić information content (AvgIpc) is 2.81. The van der Waals surface area contributed by atoms with E-state index < -0.39 is 0 Å². The molecule has 1 aliphatic carbocycles. The number of hydrogen-bond acceptors (Lipinski definition) is 0. The fourth-order valence-corrected chi connectivity index (χ4v) is 2.72. The molecule has 2 aromatic carbocycles. The fourth-order valence-electron chi connectivity index (χ4n) is 2.72. The molecular formula is C17H16.